The zero-order valence-corrected chi connectivity index (χ0v) is 8.80. The van der Waals surface area contributed by atoms with Crippen molar-refractivity contribution >= 4 is 17.8 Å². The SMILES string of the molecule is O=C1NC(=O)C2(CC2)C(=O)N1Cc1ccon1. The van der Waals surface area contributed by atoms with Crippen LogP contribution in [0.5, 0.6) is 0 Å². The number of hydrogen-bond donors (Lipinski definition) is 1. The van der Waals surface area contributed by atoms with Gasteiger partial charge < -0.3 is 4.52 Å². The third-order valence-corrected chi connectivity index (χ3v) is 3.12. The maximum Gasteiger partial charge on any atom is 0.331 e. The molecule has 0 aromatic carbocycles. The molecule has 2 aliphatic rings. The molecule has 3 rings (SSSR count). The summed E-state index contributed by atoms with van der Waals surface area (Å²) in [5, 5.41) is 5.83. The van der Waals surface area contributed by atoms with Gasteiger partial charge in [-0.2, -0.15) is 0 Å². The van der Waals surface area contributed by atoms with Gasteiger partial charge in [-0.1, -0.05) is 5.16 Å². The van der Waals surface area contributed by atoms with E-state index in [1.54, 1.807) is 6.07 Å². The van der Waals surface area contributed by atoms with Crippen LogP contribution in [0.25, 0.3) is 0 Å². The Kier molecular flexibility index (Phi) is 1.86. The summed E-state index contributed by atoms with van der Waals surface area (Å²) in [4.78, 5) is 36.2. The fourth-order valence-corrected chi connectivity index (χ4v) is 1.92. The lowest BCUT2D eigenvalue weighted by molar-refractivity contribution is -0.145. The van der Waals surface area contributed by atoms with Gasteiger partial charge in [0.25, 0.3) is 0 Å². The fraction of sp³-hybridized carbons (Fsp3) is 0.400. The Balaban J connectivity index is 1.86. The largest absolute Gasteiger partial charge is 0.364 e. The van der Waals surface area contributed by atoms with Crippen LogP contribution in [0, 0.1) is 5.41 Å². The maximum atomic E-state index is 12.0. The first-order chi connectivity index (χ1) is 8.13. The molecule has 1 aliphatic carbocycles. The quantitative estimate of drug-likeness (QED) is 0.730. The van der Waals surface area contributed by atoms with Gasteiger partial charge in [0.2, 0.25) is 11.8 Å². The molecule has 7 heteroatoms. The topological polar surface area (TPSA) is 92.5 Å². The Morgan fingerprint density at radius 3 is 2.76 bits per heavy atom. The van der Waals surface area contributed by atoms with E-state index in [1.165, 1.54) is 6.26 Å². The Labute approximate surface area is 95.7 Å². The third kappa shape index (κ3) is 1.35. The summed E-state index contributed by atoms with van der Waals surface area (Å²) in [7, 11) is 0. The van der Waals surface area contributed by atoms with Crippen LogP contribution in [0.3, 0.4) is 0 Å². The molecular weight excluding hydrogens is 226 g/mol. The van der Waals surface area contributed by atoms with Crippen LogP contribution < -0.4 is 5.32 Å². The van der Waals surface area contributed by atoms with Crippen LogP contribution in [0.4, 0.5) is 4.79 Å². The fourth-order valence-electron chi connectivity index (χ4n) is 1.92. The van der Waals surface area contributed by atoms with E-state index in [2.05, 4.69) is 15.0 Å². The Bertz CT molecular complexity index is 504. The van der Waals surface area contributed by atoms with Gasteiger partial charge in [-0.15, -0.1) is 0 Å². The van der Waals surface area contributed by atoms with Gasteiger partial charge in [0, 0.05) is 6.07 Å². The molecule has 0 bridgehead atoms. The second-order valence-corrected chi connectivity index (χ2v) is 4.22. The highest BCUT2D eigenvalue weighted by molar-refractivity contribution is 6.20. The minimum Gasteiger partial charge on any atom is -0.364 e. The molecule has 1 N–H and O–H groups in total. The molecule has 88 valence electrons. The number of aromatic nitrogens is 1. The van der Waals surface area contributed by atoms with E-state index in [1.807, 2.05) is 0 Å². The van der Waals surface area contributed by atoms with E-state index in [-0.39, 0.29) is 6.54 Å². The Hall–Kier alpha value is -2.18. The lowest BCUT2D eigenvalue weighted by Gasteiger charge is -2.29. The van der Waals surface area contributed by atoms with E-state index < -0.39 is 23.3 Å². The zero-order chi connectivity index (χ0) is 12.0. The van der Waals surface area contributed by atoms with Gasteiger partial charge in [0.15, 0.2) is 0 Å². The molecule has 0 unspecified atom stereocenters. The van der Waals surface area contributed by atoms with Crippen molar-refractivity contribution in [1.29, 1.82) is 0 Å². The zero-order valence-electron chi connectivity index (χ0n) is 8.80. The van der Waals surface area contributed by atoms with Crippen molar-refractivity contribution in [2.75, 3.05) is 0 Å². The summed E-state index contributed by atoms with van der Waals surface area (Å²) in [6, 6.07) is 0.872. The number of carbonyl (C=O) groups excluding carboxylic acids is 3. The predicted molar refractivity (Wildman–Crippen MR) is 52.3 cm³/mol. The molecule has 4 amide bonds. The van der Waals surface area contributed by atoms with Gasteiger partial charge in [0.1, 0.15) is 17.4 Å². The number of imide groups is 2. The number of carbonyl (C=O) groups is 3. The first kappa shape index (κ1) is 10.0. The number of urea groups is 1. The van der Waals surface area contributed by atoms with Gasteiger partial charge in [-0.05, 0) is 12.8 Å². The van der Waals surface area contributed by atoms with Crippen LogP contribution in [0.1, 0.15) is 18.5 Å². The summed E-state index contributed by atoms with van der Waals surface area (Å²) in [5.74, 6) is -0.918. The molecule has 1 saturated carbocycles. The monoisotopic (exact) mass is 235 g/mol. The lowest BCUT2D eigenvalue weighted by Crippen LogP contribution is -2.58. The van der Waals surface area contributed by atoms with Gasteiger partial charge >= 0.3 is 6.03 Å². The lowest BCUT2D eigenvalue weighted by atomic mass is 10.0. The predicted octanol–water partition coefficient (Wildman–Crippen LogP) is 0.0332. The summed E-state index contributed by atoms with van der Waals surface area (Å²) in [5.41, 5.74) is -0.531. The van der Waals surface area contributed by atoms with Crippen molar-refractivity contribution in [3.63, 3.8) is 0 Å². The molecular formula is C10H9N3O4. The molecule has 1 aliphatic heterocycles. The number of rotatable bonds is 2. The molecule has 1 saturated heterocycles. The standard InChI is InChI=1S/C10H9N3O4/c14-7-10(2-3-10)8(15)13(9(16)11-7)5-6-1-4-17-12-6/h1,4H,2-3,5H2,(H,11,14,16). The molecule has 2 heterocycles. The van der Waals surface area contributed by atoms with Gasteiger partial charge in [-0.3, -0.25) is 19.8 Å². The van der Waals surface area contributed by atoms with Gasteiger partial charge in [-0.25, -0.2) is 4.79 Å². The Morgan fingerprint density at radius 2 is 2.18 bits per heavy atom. The van der Waals surface area contributed by atoms with Crippen LogP contribution in [0.15, 0.2) is 16.9 Å². The van der Waals surface area contributed by atoms with E-state index in [0.717, 1.165) is 4.90 Å². The number of barbiturate groups is 1. The molecule has 1 aromatic heterocycles. The van der Waals surface area contributed by atoms with Crippen molar-refractivity contribution < 1.29 is 18.9 Å². The maximum absolute atomic E-state index is 12.0. The van der Waals surface area contributed by atoms with E-state index in [0.29, 0.717) is 18.5 Å². The van der Waals surface area contributed by atoms with Crippen LogP contribution in [-0.2, 0) is 16.1 Å². The number of nitrogens with zero attached hydrogens (tertiary/aromatic N) is 2. The number of hydrogen-bond acceptors (Lipinski definition) is 5. The van der Waals surface area contributed by atoms with Crippen molar-refractivity contribution in [3.05, 3.63) is 18.0 Å². The normalized spacial score (nSPS) is 21.9. The molecule has 1 aromatic rings. The highest BCUT2D eigenvalue weighted by Crippen LogP contribution is 2.49. The third-order valence-electron chi connectivity index (χ3n) is 3.12. The second kappa shape index (κ2) is 3.16. The van der Waals surface area contributed by atoms with E-state index in [4.69, 9.17) is 0 Å². The average molecular weight is 235 g/mol. The second-order valence-electron chi connectivity index (χ2n) is 4.22. The van der Waals surface area contributed by atoms with Crippen LogP contribution >= 0.6 is 0 Å². The number of nitrogens with one attached hydrogen (secondary N) is 1. The molecule has 7 nitrogen and oxygen atoms in total. The molecule has 0 atom stereocenters. The summed E-state index contributed by atoms with van der Waals surface area (Å²) in [6.07, 6.45) is 2.36. The van der Waals surface area contributed by atoms with E-state index in [9.17, 15) is 14.4 Å². The summed E-state index contributed by atoms with van der Waals surface area (Å²) in [6.45, 7) is 0.0240. The Morgan fingerprint density at radius 1 is 1.41 bits per heavy atom. The smallest absolute Gasteiger partial charge is 0.331 e. The minimum absolute atomic E-state index is 0.0240. The van der Waals surface area contributed by atoms with E-state index >= 15 is 0 Å². The average Bonchev–Trinajstić information content (AvgIpc) is 2.95. The summed E-state index contributed by atoms with van der Waals surface area (Å²) >= 11 is 0. The van der Waals surface area contributed by atoms with Crippen molar-refractivity contribution in [2.45, 2.75) is 19.4 Å². The highest BCUT2D eigenvalue weighted by atomic mass is 16.5. The van der Waals surface area contributed by atoms with Crippen molar-refractivity contribution in [2.24, 2.45) is 5.41 Å². The van der Waals surface area contributed by atoms with Crippen molar-refractivity contribution in [1.82, 2.24) is 15.4 Å². The molecule has 17 heavy (non-hydrogen) atoms. The first-order valence-electron chi connectivity index (χ1n) is 5.20. The first-order valence-corrected chi connectivity index (χ1v) is 5.20. The van der Waals surface area contributed by atoms with Crippen LogP contribution in [0.2, 0.25) is 0 Å². The van der Waals surface area contributed by atoms with Crippen molar-refractivity contribution in [3.8, 4) is 0 Å². The molecule has 0 radical (unpaired) electrons. The number of amides is 4. The highest BCUT2D eigenvalue weighted by Gasteiger charge is 2.62. The van der Waals surface area contributed by atoms with Gasteiger partial charge in [0.05, 0.1) is 6.54 Å². The molecule has 2 fully saturated rings. The minimum atomic E-state index is -1.00. The summed E-state index contributed by atoms with van der Waals surface area (Å²) < 4.78 is 4.63. The van der Waals surface area contributed by atoms with Crippen LogP contribution in [-0.4, -0.2) is 27.9 Å². The molecule has 1 spiro atoms.